The number of methoxy groups -OCH3 is 2. The van der Waals surface area contributed by atoms with E-state index in [1.165, 1.54) is 30.6 Å². The molecule has 0 saturated heterocycles. The number of ether oxygens (including phenoxy) is 2. The Bertz CT molecular complexity index is 1510. The van der Waals surface area contributed by atoms with E-state index >= 15 is 0 Å². The molecule has 4 fully saturated rings. The average Bonchev–Trinajstić information content (AvgIpc) is 3.55. The molecule has 3 heterocycles. The van der Waals surface area contributed by atoms with Crippen molar-refractivity contribution in [1.29, 1.82) is 0 Å². The summed E-state index contributed by atoms with van der Waals surface area (Å²) >= 11 is 3.04. The number of nitrogens with one attached hydrogen (secondary N) is 1. The zero-order valence-corrected chi connectivity index (χ0v) is 23.2. The Morgan fingerprint density at radius 1 is 1.03 bits per heavy atom. The van der Waals surface area contributed by atoms with Gasteiger partial charge in [-0.3, -0.25) is 4.79 Å². The highest BCUT2D eigenvalue weighted by molar-refractivity contribution is 7.21. The summed E-state index contributed by atoms with van der Waals surface area (Å²) in [6.45, 7) is 0. The molecule has 0 atom stereocenters. The molecule has 8 heteroatoms. The topological polar surface area (TPSA) is 86.5 Å². The number of thiophene rings is 2. The monoisotopic (exact) mass is 545 g/mol. The maximum absolute atomic E-state index is 13.8. The number of fused-ring (bicyclic) bond motifs is 1. The third-order valence-electron chi connectivity index (χ3n) is 8.79. The quantitative estimate of drug-likeness (QED) is 0.273. The number of nitrogens with two attached hydrogens (primary N) is 1. The van der Waals surface area contributed by atoms with Crippen LogP contribution in [0.25, 0.3) is 31.9 Å². The molecule has 196 valence electrons. The van der Waals surface area contributed by atoms with Crippen LogP contribution < -0.4 is 20.5 Å². The van der Waals surface area contributed by atoms with E-state index in [1.807, 2.05) is 29.6 Å². The van der Waals surface area contributed by atoms with Gasteiger partial charge in [0.1, 0.15) is 9.71 Å². The van der Waals surface area contributed by atoms with E-state index in [0.29, 0.717) is 22.1 Å². The van der Waals surface area contributed by atoms with Crippen LogP contribution in [0, 0.1) is 17.8 Å². The van der Waals surface area contributed by atoms with Gasteiger partial charge in [-0.15, -0.1) is 22.7 Å². The normalized spacial score (nSPS) is 25.6. The van der Waals surface area contributed by atoms with E-state index in [1.54, 1.807) is 25.6 Å². The fraction of sp³-hybridized carbons (Fsp3) is 0.400. The highest BCUT2D eigenvalue weighted by Crippen LogP contribution is 2.56. The maximum Gasteiger partial charge on any atom is 0.264 e. The number of hydrogen-bond donors (Lipinski definition) is 2. The number of hydrogen-bond acceptors (Lipinski definition) is 7. The Balaban J connectivity index is 1.33. The highest BCUT2D eigenvalue weighted by atomic mass is 32.1. The first kappa shape index (κ1) is 24.0. The van der Waals surface area contributed by atoms with Crippen LogP contribution in [-0.4, -0.2) is 30.6 Å². The van der Waals surface area contributed by atoms with Crippen molar-refractivity contribution >= 4 is 44.5 Å². The second-order valence-corrected chi connectivity index (χ2v) is 13.2. The summed E-state index contributed by atoms with van der Waals surface area (Å²) in [7, 11) is 3.26. The van der Waals surface area contributed by atoms with Crippen molar-refractivity contribution in [3.05, 3.63) is 46.7 Å². The molecule has 6 nitrogen and oxygen atoms in total. The molecule has 0 unspecified atom stereocenters. The van der Waals surface area contributed by atoms with Crippen LogP contribution in [-0.2, 0) is 0 Å². The smallest absolute Gasteiger partial charge is 0.264 e. The van der Waals surface area contributed by atoms with Gasteiger partial charge in [-0.1, -0.05) is 12.1 Å². The summed E-state index contributed by atoms with van der Waals surface area (Å²) in [6, 6.07) is 12.0. The van der Waals surface area contributed by atoms with E-state index in [0.717, 1.165) is 68.9 Å². The van der Waals surface area contributed by atoms with Gasteiger partial charge < -0.3 is 20.5 Å². The van der Waals surface area contributed by atoms with Gasteiger partial charge in [0.25, 0.3) is 5.91 Å². The van der Waals surface area contributed by atoms with Gasteiger partial charge in [0, 0.05) is 10.9 Å². The zero-order valence-electron chi connectivity index (χ0n) is 21.6. The molecule has 3 N–H and O–H groups in total. The largest absolute Gasteiger partial charge is 0.493 e. The molecule has 0 radical (unpaired) electrons. The standard InChI is InChI=1S/C30H31N3O3S2/c1-35-22-6-5-19(11-23(22)36-2)20-12-21(24-4-3-7-37-24)32-29-25(20)26(31)27(38-29)28(34)33-30-13-16-8-17(14-30)10-18(9-16)15-30/h3-7,11-12,16-18H,8-10,13-15,31H2,1-2H3,(H,33,34). The van der Waals surface area contributed by atoms with Crippen molar-refractivity contribution in [1.82, 2.24) is 10.3 Å². The molecule has 4 bridgehead atoms. The zero-order chi connectivity index (χ0) is 26.0. The number of carbonyl (C=O) groups excluding carboxylic acids is 1. The second kappa shape index (κ2) is 8.99. The Morgan fingerprint density at radius 3 is 2.37 bits per heavy atom. The van der Waals surface area contributed by atoms with Crippen LogP contribution in [0.15, 0.2) is 41.8 Å². The molecular weight excluding hydrogens is 514 g/mol. The number of benzene rings is 1. The summed E-state index contributed by atoms with van der Waals surface area (Å²) in [6.07, 6.45) is 7.33. The van der Waals surface area contributed by atoms with Crippen LogP contribution in [0.4, 0.5) is 5.69 Å². The summed E-state index contributed by atoms with van der Waals surface area (Å²) in [5, 5.41) is 6.37. The van der Waals surface area contributed by atoms with Crippen molar-refractivity contribution in [3.8, 4) is 33.2 Å². The third-order valence-corrected chi connectivity index (χ3v) is 10.8. The van der Waals surface area contributed by atoms with Crippen LogP contribution >= 0.6 is 22.7 Å². The first-order chi connectivity index (χ1) is 18.4. The van der Waals surface area contributed by atoms with Crippen LogP contribution in [0.5, 0.6) is 11.5 Å². The van der Waals surface area contributed by atoms with Crippen molar-refractivity contribution in [2.24, 2.45) is 17.8 Å². The van der Waals surface area contributed by atoms with Gasteiger partial charge in [-0.05, 0) is 97.1 Å². The van der Waals surface area contributed by atoms with E-state index in [2.05, 4.69) is 17.4 Å². The van der Waals surface area contributed by atoms with Gasteiger partial charge in [0.2, 0.25) is 0 Å². The molecule has 4 aliphatic carbocycles. The highest BCUT2D eigenvalue weighted by Gasteiger charge is 2.51. The molecule has 1 aromatic carbocycles. The summed E-state index contributed by atoms with van der Waals surface area (Å²) in [5.41, 5.74) is 9.96. The Hall–Kier alpha value is -3.10. The number of carbonyl (C=O) groups is 1. The lowest BCUT2D eigenvalue weighted by Gasteiger charge is -2.56. The minimum absolute atomic E-state index is 0.0524. The predicted octanol–water partition coefficient (Wildman–Crippen LogP) is 6.99. The summed E-state index contributed by atoms with van der Waals surface area (Å²) in [4.78, 5) is 21.2. The van der Waals surface area contributed by atoms with E-state index in [4.69, 9.17) is 20.2 Å². The SMILES string of the molecule is COc1ccc(-c2cc(-c3cccs3)nc3sc(C(=O)NC45CC6CC(CC(C6)C4)C5)c(N)c23)cc1OC. The molecule has 38 heavy (non-hydrogen) atoms. The molecule has 4 aromatic rings. The average molecular weight is 546 g/mol. The van der Waals surface area contributed by atoms with E-state index in [-0.39, 0.29) is 11.4 Å². The molecule has 0 aliphatic heterocycles. The Kier molecular flexibility index (Phi) is 5.67. The summed E-state index contributed by atoms with van der Waals surface area (Å²) < 4.78 is 11.0. The van der Waals surface area contributed by atoms with Crippen molar-refractivity contribution in [2.75, 3.05) is 20.0 Å². The molecule has 4 saturated carbocycles. The lowest BCUT2D eigenvalue weighted by Crippen LogP contribution is -2.59. The van der Waals surface area contributed by atoms with Gasteiger partial charge >= 0.3 is 0 Å². The minimum atomic E-state index is -0.0732. The van der Waals surface area contributed by atoms with Crippen LogP contribution in [0.1, 0.15) is 48.2 Å². The van der Waals surface area contributed by atoms with Gasteiger partial charge in [0.05, 0.1) is 30.5 Å². The number of pyridine rings is 1. The number of amides is 1. The molecular formula is C30H31N3O3S2. The van der Waals surface area contributed by atoms with Gasteiger partial charge in [0.15, 0.2) is 11.5 Å². The van der Waals surface area contributed by atoms with Crippen molar-refractivity contribution in [3.63, 3.8) is 0 Å². The molecule has 8 rings (SSSR count). The first-order valence-corrected chi connectivity index (χ1v) is 15.0. The van der Waals surface area contributed by atoms with Crippen LogP contribution in [0.2, 0.25) is 0 Å². The Labute approximate surface area is 230 Å². The lowest BCUT2D eigenvalue weighted by atomic mass is 9.53. The molecule has 0 spiro atoms. The first-order valence-electron chi connectivity index (χ1n) is 13.3. The number of nitrogen functional groups attached to an aromatic ring is 1. The third kappa shape index (κ3) is 3.88. The fourth-order valence-corrected chi connectivity index (χ4v) is 9.33. The molecule has 3 aromatic heterocycles. The number of nitrogens with zero attached hydrogens (tertiary/aromatic N) is 1. The van der Waals surface area contributed by atoms with Crippen LogP contribution in [0.3, 0.4) is 0 Å². The van der Waals surface area contributed by atoms with E-state index < -0.39 is 0 Å². The predicted molar refractivity (Wildman–Crippen MR) is 154 cm³/mol. The lowest BCUT2D eigenvalue weighted by molar-refractivity contribution is -0.0166. The minimum Gasteiger partial charge on any atom is -0.493 e. The molecule has 1 amide bonds. The Morgan fingerprint density at radius 2 is 1.74 bits per heavy atom. The maximum atomic E-state index is 13.8. The van der Waals surface area contributed by atoms with Crippen molar-refractivity contribution in [2.45, 2.75) is 44.1 Å². The number of aromatic nitrogens is 1. The number of anilines is 1. The summed E-state index contributed by atoms with van der Waals surface area (Å²) in [5.74, 6) is 3.52. The van der Waals surface area contributed by atoms with E-state index in [9.17, 15) is 4.79 Å². The van der Waals surface area contributed by atoms with Gasteiger partial charge in [-0.25, -0.2) is 4.98 Å². The van der Waals surface area contributed by atoms with Gasteiger partial charge in [-0.2, -0.15) is 0 Å². The fourth-order valence-electron chi connectivity index (χ4n) is 7.63. The van der Waals surface area contributed by atoms with Crippen molar-refractivity contribution < 1.29 is 14.3 Å². The number of rotatable bonds is 6. The second-order valence-electron chi connectivity index (χ2n) is 11.3. The molecule has 4 aliphatic rings.